The van der Waals surface area contributed by atoms with Gasteiger partial charge in [-0.1, -0.05) is 24.3 Å². The molecule has 0 aliphatic carbocycles. The van der Waals surface area contributed by atoms with Crippen LogP contribution in [0.15, 0.2) is 54.2 Å². The van der Waals surface area contributed by atoms with Gasteiger partial charge in [0.1, 0.15) is 5.70 Å². The van der Waals surface area contributed by atoms with Crippen LogP contribution in [0.25, 0.3) is 5.57 Å². The molecule has 0 aromatic heterocycles. The van der Waals surface area contributed by atoms with E-state index in [1.807, 2.05) is 37.1 Å². The number of piperazine rings is 1. The molecule has 0 radical (unpaired) electrons. The summed E-state index contributed by atoms with van der Waals surface area (Å²) in [5.74, 6) is -0.777. The zero-order chi connectivity index (χ0) is 22.1. The standard InChI is InChI=1S/C24H26N4O3/c1-16-5-4-6-20(15-16)28-23(30)21(18-7-9-19(10-8-18)25-17(2)29)22(24(28)31)27-13-11-26(3)12-14-27/h4-10,15H,11-14H2,1-3H3,(H,25,29). The number of hydrogen-bond acceptors (Lipinski definition) is 5. The Kier molecular flexibility index (Phi) is 5.61. The van der Waals surface area contributed by atoms with E-state index in [1.54, 1.807) is 30.3 Å². The first-order chi connectivity index (χ1) is 14.8. The maximum absolute atomic E-state index is 13.5. The third-order valence-corrected chi connectivity index (χ3v) is 5.63. The number of benzene rings is 2. The fourth-order valence-electron chi connectivity index (χ4n) is 4.03. The summed E-state index contributed by atoms with van der Waals surface area (Å²) in [4.78, 5) is 43.9. The highest BCUT2D eigenvalue weighted by Crippen LogP contribution is 2.35. The van der Waals surface area contributed by atoms with E-state index in [-0.39, 0.29) is 17.7 Å². The molecule has 4 rings (SSSR count). The molecule has 160 valence electrons. The van der Waals surface area contributed by atoms with E-state index in [0.717, 1.165) is 18.7 Å². The topological polar surface area (TPSA) is 73.0 Å². The minimum atomic E-state index is -0.322. The molecule has 2 aliphatic heterocycles. The number of carbonyl (C=O) groups is 3. The predicted molar refractivity (Wildman–Crippen MR) is 120 cm³/mol. The van der Waals surface area contributed by atoms with E-state index in [4.69, 9.17) is 0 Å². The maximum atomic E-state index is 13.5. The Morgan fingerprint density at radius 1 is 0.935 bits per heavy atom. The maximum Gasteiger partial charge on any atom is 0.282 e. The molecular formula is C24H26N4O3. The molecule has 0 saturated carbocycles. The number of rotatable bonds is 4. The molecule has 31 heavy (non-hydrogen) atoms. The van der Waals surface area contributed by atoms with Crippen LogP contribution < -0.4 is 10.2 Å². The van der Waals surface area contributed by atoms with Gasteiger partial charge < -0.3 is 15.1 Å². The lowest BCUT2D eigenvalue weighted by Crippen LogP contribution is -2.46. The first kappa shape index (κ1) is 20.8. The Morgan fingerprint density at radius 3 is 2.23 bits per heavy atom. The van der Waals surface area contributed by atoms with Crippen molar-refractivity contribution >= 4 is 34.7 Å². The summed E-state index contributed by atoms with van der Waals surface area (Å²) in [6, 6.07) is 14.5. The Morgan fingerprint density at radius 2 is 1.61 bits per heavy atom. The number of amides is 3. The van der Waals surface area contributed by atoms with Gasteiger partial charge in [0.25, 0.3) is 11.8 Å². The van der Waals surface area contributed by atoms with Crippen LogP contribution in [-0.4, -0.2) is 60.7 Å². The summed E-state index contributed by atoms with van der Waals surface area (Å²) in [5.41, 5.74) is 3.72. The summed E-state index contributed by atoms with van der Waals surface area (Å²) in [7, 11) is 2.05. The Labute approximate surface area is 181 Å². The Bertz CT molecular complexity index is 1070. The van der Waals surface area contributed by atoms with Gasteiger partial charge in [-0.3, -0.25) is 14.4 Å². The number of carbonyl (C=O) groups excluding carboxylic acids is 3. The van der Waals surface area contributed by atoms with Crippen molar-refractivity contribution in [1.29, 1.82) is 0 Å². The van der Waals surface area contributed by atoms with Crippen LogP contribution in [-0.2, 0) is 14.4 Å². The molecule has 2 aromatic rings. The molecule has 2 aliphatic rings. The van der Waals surface area contributed by atoms with Crippen molar-refractivity contribution in [2.75, 3.05) is 43.4 Å². The van der Waals surface area contributed by atoms with Crippen molar-refractivity contribution in [3.8, 4) is 0 Å². The normalized spacial score (nSPS) is 17.5. The van der Waals surface area contributed by atoms with E-state index in [2.05, 4.69) is 10.2 Å². The van der Waals surface area contributed by atoms with Crippen molar-refractivity contribution in [1.82, 2.24) is 9.80 Å². The van der Waals surface area contributed by atoms with Crippen molar-refractivity contribution in [2.45, 2.75) is 13.8 Å². The summed E-state index contributed by atoms with van der Waals surface area (Å²) >= 11 is 0. The average molecular weight is 418 g/mol. The third kappa shape index (κ3) is 4.09. The number of nitrogens with zero attached hydrogens (tertiary/aromatic N) is 3. The highest BCUT2D eigenvalue weighted by atomic mass is 16.2. The lowest BCUT2D eigenvalue weighted by Gasteiger charge is -2.34. The number of aryl methyl sites for hydroxylation is 1. The molecule has 3 amide bonds. The minimum absolute atomic E-state index is 0.164. The molecular weight excluding hydrogens is 392 g/mol. The second-order valence-corrected chi connectivity index (χ2v) is 8.06. The van der Waals surface area contributed by atoms with Crippen LogP contribution in [0.4, 0.5) is 11.4 Å². The van der Waals surface area contributed by atoms with Crippen LogP contribution in [0, 0.1) is 6.92 Å². The van der Waals surface area contributed by atoms with Gasteiger partial charge in [-0.2, -0.15) is 0 Å². The average Bonchev–Trinajstić information content (AvgIpc) is 2.99. The second-order valence-electron chi connectivity index (χ2n) is 8.06. The summed E-state index contributed by atoms with van der Waals surface area (Å²) in [6.07, 6.45) is 0. The number of anilines is 2. The van der Waals surface area contributed by atoms with Gasteiger partial charge in [0.05, 0.1) is 11.3 Å². The molecule has 1 N–H and O–H groups in total. The van der Waals surface area contributed by atoms with Crippen LogP contribution in [0.5, 0.6) is 0 Å². The van der Waals surface area contributed by atoms with Crippen LogP contribution >= 0.6 is 0 Å². The van der Waals surface area contributed by atoms with Crippen molar-refractivity contribution in [3.05, 3.63) is 65.4 Å². The number of likely N-dealkylation sites (N-methyl/N-ethyl adjacent to an activating group) is 1. The summed E-state index contributed by atoms with van der Waals surface area (Å²) in [6.45, 7) is 6.39. The predicted octanol–water partition coefficient (Wildman–Crippen LogP) is 2.49. The number of hydrogen-bond donors (Lipinski definition) is 1. The van der Waals surface area contributed by atoms with Gasteiger partial charge in [-0.25, -0.2) is 4.90 Å². The van der Waals surface area contributed by atoms with E-state index in [9.17, 15) is 14.4 Å². The zero-order valence-electron chi connectivity index (χ0n) is 18.0. The molecule has 0 atom stereocenters. The Balaban J connectivity index is 1.77. The Hall–Kier alpha value is -3.45. The molecule has 2 heterocycles. The molecule has 7 nitrogen and oxygen atoms in total. The highest BCUT2D eigenvalue weighted by molar-refractivity contribution is 6.45. The molecule has 1 fully saturated rings. The van der Waals surface area contributed by atoms with Gasteiger partial charge in [0.15, 0.2) is 0 Å². The smallest absolute Gasteiger partial charge is 0.282 e. The van der Waals surface area contributed by atoms with E-state index >= 15 is 0 Å². The fraction of sp³-hybridized carbons (Fsp3) is 0.292. The molecule has 0 unspecified atom stereocenters. The largest absolute Gasteiger partial charge is 0.364 e. The molecule has 7 heteroatoms. The van der Waals surface area contributed by atoms with Gasteiger partial charge in [-0.15, -0.1) is 0 Å². The minimum Gasteiger partial charge on any atom is -0.364 e. The van der Waals surface area contributed by atoms with E-state index < -0.39 is 0 Å². The first-order valence-corrected chi connectivity index (χ1v) is 10.4. The second kappa shape index (κ2) is 8.35. The third-order valence-electron chi connectivity index (χ3n) is 5.63. The van der Waals surface area contributed by atoms with E-state index in [1.165, 1.54) is 11.8 Å². The SMILES string of the molecule is CC(=O)Nc1ccc(C2=C(N3CCN(C)CC3)C(=O)N(c3cccc(C)c3)C2=O)cc1. The highest BCUT2D eigenvalue weighted by Gasteiger charge is 2.42. The fourth-order valence-corrected chi connectivity index (χ4v) is 4.03. The van der Waals surface area contributed by atoms with Crippen molar-refractivity contribution in [3.63, 3.8) is 0 Å². The van der Waals surface area contributed by atoms with Crippen LogP contribution in [0.2, 0.25) is 0 Å². The molecule has 2 aromatic carbocycles. The summed E-state index contributed by atoms with van der Waals surface area (Å²) < 4.78 is 0. The molecule has 1 saturated heterocycles. The monoisotopic (exact) mass is 418 g/mol. The molecule has 0 bridgehead atoms. The lowest BCUT2D eigenvalue weighted by molar-refractivity contribution is -0.121. The van der Waals surface area contributed by atoms with Crippen molar-refractivity contribution in [2.24, 2.45) is 0 Å². The number of nitrogens with one attached hydrogen (secondary N) is 1. The summed E-state index contributed by atoms with van der Waals surface area (Å²) in [5, 5.41) is 2.73. The van der Waals surface area contributed by atoms with E-state index in [0.29, 0.717) is 41.3 Å². The zero-order valence-corrected chi connectivity index (χ0v) is 18.0. The first-order valence-electron chi connectivity index (χ1n) is 10.4. The van der Waals surface area contributed by atoms with Crippen LogP contribution in [0.3, 0.4) is 0 Å². The lowest BCUT2D eigenvalue weighted by atomic mass is 10.0. The van der Waals surface area contributed by atoms with Gasteiger partial charge >= 0.3 is 0 Å². The van der Waals surface area contributed by atoms with Crippen LogP contribution in [0.1, 0.15) is 18.1 Å². The quantitative estimate of drug-likeness (QED) is 0.773. The van der Waals surface area contributed by atoms with Crippen molar-refractivity contribution < 1.29 is 14.4 Å². The number of imide groups is 1. The van der Waals surface area contributed by atoms with Gasteiger partial charge in [0, 0.05) is 38.8 Å². The van der Waals surface area contributed by atoms with Gasteiger partial charge in [-0.05, 0) is 49.4 Å². The van der Waals surface area contributed by atoms with Gasteiger partial charge in [0.2, 0.25) is 5.91 Å². The molecule has 0 spiro atoms.